The SMILES string of the molecule is CC[C@H](c1ccccc1)c1n[nH]c2c1CN(C(=O)c1c[nH]c(=O)cn1)CC2. The van der Waals surface area contributed by atoms with Crippen LogP contribution in [-0.4, -0.2) is 37.5 Å². The minimum absolute atomic E-state index is 0.184. The minimum Gasteiger partial charge on any atom is -0.332 e. The molecule has 27 heavy (non-hydrogen) atoms. The molecule has 3 heterocycles. The summed E-state index contributed by atoms with van der Waals surface area (Å²) in [5, 5.41) is 7.76. The molecule has 2 aromatic heterocycles. The molecule has 1 atom stereocenters. The first-order chi connectivity index (χ1) is 13.2. The summed E-state index contributed by atoms with van der Waals surface area (Å²) in [6, 6.07) is 10.3. The number of nitrogens with zero attached hydrogens (tertiary/aromatic N) is 3. The molecule has 1 aliphatic heterocycles. The zero-order chi connectivity index (χ0) is 18.8. The zero-order valence-electron chi connectivity index (χ0n) is 15.1. The Morgan fingerprint density at radius 3 is 2.81 bits per heavy atom. The largest absolute Gasteiger partial charge is 0.332 e. The van der Waals surface area contributed by atoms with Gasteiger partial charge in [0.25, 0.3) is 11.5 Å². The number of hydrogen-bond donors (Lipinski definition) is 2. The van der Waals surface area contributed by atoms with Crippen molar-refractivity contribution >= 4 is 5.91 Å². The minimum atomic E-state index is -0.321. The number of fused-ring (bicyclic) bond motifs is 1. The number of hydrogen-bond acceptors (Lipinski definition) is 4. The molecule has 0 spiro atoms. The highest BCUT2D eigenvalue weighted by atomic mass is 16.2. The Morgan fingerprint density at radius 1 is 1.30 bits per heavy atom. The molecule has 1 aromatic carbocycles. The van der Waals surface area contributed by atoms with E-state index < -0.39 is 0 Å². The van der Waals surface area contributed by atoms with E-state index in [1.54, 1.807) is 4.90 Å². The van der Waals surface area contributed by atoms with Gasteiger partial charge in [0.2, 0.25) is 0 Å². The van der Waals surface area contributed by atoms with Crippen LogP contribution in [0, 0.1) is 0 Å². The Kier molecular flexibility index (Phi) is 4.58. The zero-order valence-corrected chi connectivity index (χ0v) is 15.1. The molecule has 7 heteroatoms. The topological polar surface area (TPSA) is 94.7 Å². The molecule has 1 amide bonds. The molecule has 0 fully saturated rings. The van der Waals surface area contributed by atoms with Crippen molar-refractivity contribution in [1.82, 2.24) is 25.1 Å². The predicted octanol–water partition coefficient (Wildman–Crippen LogP) is 2.23. The van der Waals surface area contributed by atoms with Crippen molar-refractivity contribution in [2.75, 3.05) is 6.54 Å². The first kappa shape index (κ1) is 17.2. The van der Waals surface area contributed by atoms with Gasteiger partial charge in [-0.1, -0.05) is 37.3 Å². The fourth-order valence-electron chi connectivity index (χ4n) is 3.67. The van der Waals surface area contributed by atoms with Crippen LogP contribution in [0.4, 0.5) is 0 Å². The maximum atomic E-state index is 12.8. The van der Waals surface area contributed by atoms with Crippen LogP contribution in [0.25, 0.3) is 0 Å². The molecule has 0 radical (unpaired) electrons. The Labute approximate surface area is 156 Å². The summed E-state index contributed by atoms with van der Waals surface area (Å²) in [4.78, 5) is 32.2. The maximum absolute atomic E-state index is 12.8. The van der Waals surface area contributed by atoms with E-state index in [9.17, 15) is 9.59 Å². The predicted molar refractivity (Wildman–Crippen MR) is 100 cm³/mol. The van der Waals surface area contributed by atoms with E-state index in [4.69, 9.17) is 0 Å². The summed E-state index contributed by atoms with van der Waals surface area (Å²) < 4.78 is 0. The van der Waals surface area contributed by atoms with Gasteiger partial charge in [-0.15, -0.1) is 0 Å². The summed E-state index contributed by atoms with van der Waals surface area (Å²) in [6.07, 6.45) is 4.16. The van der Waals surface area contributed by atoms with Crippen molar-refractivity contribution in [3.8, 4) is 0 Å². The van der Waals surface area contributed by atoms with Crippen LogP contribution in [-0.2, 0) is 13.0 Å². The standard InChI is InChI=1S/C20H21N5O2/c1-2-14(13-6-4-3-5-7-13)19-15-12-25(9-8-16(15)23-24-19)20(27)17-10-22-18(26)11-21-17/h3-7,10-11,14H,2,8-9,12H2,1H3,(H,22,26)(H,23,24)/t14-/m1/s1. The van der Waals surface area contributed by atoms with Crippen molar-refractivity contribution in [3.05, 3.63) is 81.3 Å². The average molecular weight is 363 g/mol. The second-order valence-corrected chi connectivity index (χ2v) is 6.71. The van der Waals surface area contributed by atoms with Gasteiger partial charge >= 0.3 is 0 Å². The second-order valence-electron chi connectivity index (χ2n) is 6.71. The number of nitrogens with one attached hydrogen (secondary N) is 2. The molecule has 7 nitrogen and oxygen atoms in total. The molecule has 0 unspecified atom stereocenters. The van der Waals surface area contributed by atoms with E-state index in [1.807, 2.05) is 18.2 Å². The molecule has 0 aliphatic carbocycles. The highest BCUT2D eigenvalue weighted by Gasteiger charge is 2.29. The molecule has 2 N–H and O–H groups in total. The highest BCUT2D eigenvalue weighted by molar-refractivity contribution is 5.92. The second kappa shape index (κ2) is 7.19. The fraction of sp³-hybridized carbons (Fsp3) is 0.300. The number of carbonyl (C=O) groups is 1. The van der Waals surface area contributed by atoms with Crippen LogP contribution < -0.4 is 5.56 Å². The van der Waals surface area contributed by atoms with E-state index in [0.29, 0.717) is 13.1 Å². The average Bonchev–Trinajstić information content (AvgIpc) is 3.12. The lowest BCUT2D eigenvalue weighted by atomic mass is 9.89. The number of H-pyrrole nitrogens is 2. The van der Waals surface area contributed by atoms with Gasteiger partial charge in [0.05, 0.1) is 11.9 Å². The third-order valence-electron chi connectivity index (χ3n) is 5.08. The van der Waals surface area contributed by atoms with Crippen LogP contribution in [0.15, 0.2) is 47.5 Å². The summed E-state index contributed by atoms with van der Waals surface area (Å²) in [6.45, 7) is 3.23. The van der Waals surface area contributed by atoms with E-state index in [0.717, 1.165) is 36.0 Å². The van der Waals surface area contributed by atoms with Crippen LogP contribution in [0.5, 0.6) is 0 Å². The molecular weight excluding hydrogens is 342 g/mol. The first-order valence-corrected chi connectivity index (χ1v) is 9.12. The Balaban J connectivity index is 1.62. The van der Waals surface area contributed by atoms with Gasteiger partial charge in [0.1, 0.15) is 5.69 Å². The molecule has 3 aromatic rings. The normalized spacial score (nSPS) is 14.6. The van der Waals surface area contributed by atoms with Gasteiger partial charge in [-0.05, 0) is 12.0 Å². The van der Waals surface area contributed by atoms with Crippen molar-refractivity contribution in [2.45, 2.75) is 32.2 Å². The monoisotopic (exact) mass is 363 g/mol. The lowest BCUT2D eigenvalue weighted by Gasteiger charge is -2.28. The van der Waals surface area contributed by atoms with Gasteiger partial charge in [-0.2, -0.15) is 5.10 Å². The lowest BCUT2D eigenvalue weighted by Crippen LogP contribution is -2.37. The van der Waals surface area contributed by atoms with Crippen molar-refractivity contribution in [2.24, 2.45) is 0 Å². The quantitative estimate of drug-likeness (QED) is 0.743. The lowest BCUT2D eigenvalue weighted by molar-refractivity contribution is 0.0727. The van der Waals surface area contributed by atoms with Crippen LogP contribution in [0.3, 0.4) is 0 Å². The number of aromatic nitrogens is 4. The van der Waals surface area contributed by atoms with Gasteiger partial charge in [0.15, 0.2) is 0 Å². The molecule has 138 valence electrons. The van der Waals surface area contributed by atoms with E-state index in [2.05, 4.69) is 39.2 Å². The van der Waals surface area contributed by atoms with Crippen LogP contribution in [0.1, 0.15) is 52.3 Å². The molecule has 0 saturated heterocycles. The van der Waals surface area contributed by atoms with Gasteiger partial charge < -0.3 is 9.88 Å². The van der Waals surface area contributed by atoms with Gasteiger partial charge in [0, 0.05) is 42.9 Å². The van der Waals surface area contributed by atoms with E-state index in [-0.39, 0.29) is 23.1 Å². The Hall–Kier alpha value is -3.22. The summed E-state index contributed by atoms with van der Waals surface area (Å²) >= 11 is 0. The van der Waals surface area contributed by atoms with Crippen molar-refractivity contribution in [3.63, 3.8) is 0 Å². The third kappa shape index (κ3) is 3.28. The molecule has 4 rings (SSSR count). The smallest absolute Gasteiger partial charge is 0.274 e. The molecule has 0 bridgehead atoms. The van der Waals surface area contributed by atoms with Crippen LogP contribution >= 0.6 is 0 Å². The molecular formula is C20H21N5O2. The number of benzene rings is 1. The van der Waals surface area contributed by atoms with Crippen LogP contribution in [0.2, 0.25) is 0 Å². The van der Waals surface area contributed by atoms with Crippen molar-refractivity contribution < 1.29 is 4.79 Å². The van der Waals surface area contributed by atoms with E-state index >= 15 is 0 Å². The van der Waals surface area contributed by atoms with Gasteiger partial charge in [-0.3, -0.25) is 14.7 Å². The van der Waals surface area contributed by atoms with Crippen molar-refractivity contribution in [1.29, 1.82) is 0 Å². The van der Waals surface area contributed by atoms with Gasteiger partial charge in [-0.25, -0.2) is 4.98 Å². The molecule has 1 aliphatic rings. The van der Waals surface area contributed by atoms with E-state index in [1.165, 1.54) is 11.8 Å². The number of aromatic amines is 2. The highest BCUT2D eigenvalue weighted by Crippen LogP contribution is 2.32. The third-order valence-corrected chi connectivity index (χ3v) is 5.08. The number of carbonyl (C=O) groups excluding carboxylic acids is 1. The summed E-state index contributed by atoms with van der Waals surface area (Å²) in [7, 11) is 0. The maximum Gasteiger partial charge on any atom is 0.274 e. The number of amides is 1. The molecule has 0 saturated carbocycles. The summed E-state index contributed by atoms with van der Waals surface area (Å²) in [5.41, 5.74) is 4.34. The number of rotatable bonds is 4. The first-order valence-electron chi connectivity index (χ1n) is 9.12. The Bertz CT molecular complexity index is 988. The Morgan fingerprint density at radius 2 is 2.11 bits per heavy atom. The summed E-state index contributed by atoms with van der Waals surface area (Å²) in [5.74, 6) is 0.00395. The fourth-order valence-corrected chi connectivity index (χ4v) is 3.67.